The smallest absolute Gasteiger partial charge is 0.106 e. The summed E-state index contributed by atoms with van der Waals surface area (Å²) in [5.41, 5.74) is 2.76. The molecule has 0 saturated heterocycles. The summed E-state index contributed by atoms with van der Waals surface area (Å²) in [5, 5.41) is 14.1. The third-order valence-electron chi connectivity index (χ3n) is 2.38. The zero-order valence-corrected chi connectivity index (χ0v) is 9.24. The Kier molecular flexibility index (Phi) is 3.66. The Balaban J connectivity index is 2.83. The van der Waals surface area contributed by atoms with Crippen molar-refractivity contribution in [2.75, 3.05) is 13.2 Å². The third kappa shape index (κ3) is 2.13. The van der Waals surface area contributed by atoms with Gasteiger partial charge in [0.2, 0.25) is 0 Å². The first-order valence-corrected chi connectivity index (χ1v) is 4.83. The van der Waals surface area contributed by atoms with E-state index in [1.807, 2.05) is 27.8 Å². The van der Waals surface area contributed by atoms with Gasteiger partial charge < -0.3 is 9.84 Å². The molecule has 1 aromatic rings. The van der Waals surface area contributed by atoms with Gasteiger partial charge in [0.15, 0.2) is 0 Å². The first kappa shape index (κ1) is 11.2. The molecule has 1 heterocycles. The van der Waals surface area contributed by atoms with Crippen molar-refractivity contribution >= 4 is 0 Å². The molecule has 0 aliphatic heterocycles. The van der Waals surface area contributed by atoms with Gasteiger partial charge in [-0.1, -0.05) is 0 Å². The van der Waals surface area contributed by atoms with E-state index in [0.29, 0.717) is 13.2 Å². The van der Waals surface area contributed by atoms with E-state index >= 15 is 0 Å². The van der Waals surface area contributed by atoms with Crippen molar-refractivity contribution in [2.45, 2.75) is 26.9 Å². The standard InChI is InChI=1S/C10H18N2O2/c1-5-14-6-9(13)10-7(2)11-12(4)8(10)3/h9,13H,5-6H2,1-4H3. The van der Waals surface area contributed by atoms with Crippen LogP contribution in [0, 0.1) is 13.8 Å². The molecule has 0 fully saturated rings. The van der Waals surface area contributed by atoms with Gasteiger partial charge in [-0.3, -0.25) is 4.68 Å². The quantitative estimate of drug-likeness (QED) is 0.788. The van der Waals surface area contributed by atoms with Crippen molar-refractivity contribution in [3.63, 3.8) is 0 Å². The summed E-state index contributed by atoms with van der Waals surface area (Å²) in [4.78, 5) is 0. The number of rotatable bonds is 4. The molecule has 0 aliphatic carbocycles. The highest BCUT2D eigenvalue weighted by Gasteiger charge is 2.17. The van der Waals surface area contributed by atoms with Gasteiger partial charge in [-0.05, 0) is 20.8 Å². The number of hydrogen-bond donors (Lipinski definition) is 1. The Hall–Kier alpha value is -0.870. The van der Waals surface area contributed by atoms with Crippen molar-refractivity contribution < 1.29 is 9.84 Å². The molecule has 0 amide bonds. The zero-order valence-electron chi connectivity index (χ0n) is 9.24. The molecule has 4 heteroatoms. The summed E-state index contributed by atoms with van der Waals surface area (Å²) in [7, 11) is 1.87. The normalized spacial score (nSPS) is 13.2. The maximum Gasteiger partial charge on any atom is 0.106 e. The van der Waals surface area contributed by atoms with Crippen molar-refractivity contribution in [3.8, 4) is 0 Å². The predicted octanol–water partition coefficient (Wildman–Crippen LogP) is 1.11. The van der Waals surface area contributed by atoms with Crippen LogP contribution in [0.2, 0.25) is 0 Å². The van der Waals surface area contributed by atoms with Gasteiger partial charge in [0.05, 0.1) is 12.3 Å². The SMILES string of the molecule is CCOCC(O)c1c(C)nn(C)c1C. The summed E-state index contributed by atoms with van der Waals surface area (Å²) < 4.78 is 6.96. The average molecular weight is 198 g/mol. The predicted molar refractivity (Wildman–Crippen MR) is 54.1 cm³/mol. The molecule has 14 heavy (non-hydrogen) atoms. The van der Waals surface area contributed by atoms with Gasteiger partial charge in [-0.25, -0.2) is 0 Å². The van der Waals surface area contributed by atoms with Crippen LogP contribution >= 0.6 is 0 Å². The van der Waals surface area contributed by atoms with Crippen LogP contribution in [0.3, 0.4) is 0 Å². The average Bonchev–Trinajstić information content (AvgIpc) is 2.38. The summed E-state index contributed by atoms with van der Waals surface area (Å²) in [6.07, 6.45) is -0.566. The minimum absolute atomic E-state index is 0.337. The van der Waals surface area contributed by atoms with Crippen molar-refractivity contribution in [2.24, 2.45) is 7.05 Å². The van der Waals surface area contributed by atoms with E-state index in [-0.39, 0.29) is 0 Å². The van der Waals surface area contributed by atoms with Crippen LogP contribution in [-0.4, -0.2) is 28.1 Å². The highest BCUT2D eigenvalue weighted by atomic mass is 16.5. The van der Waals surface area contributed by atoms with Crippen LogP contribution in [0.25, 0.3) is 0 Å². The molecule has 80 valence electrons. The van der Waals surface area contributed by atoms with E-state index in [4.69, 9.17) is 4.74 Å². The molecule has 4 nitrogen and oxygen atoms in total. The topological polar surface area (TPSA) is 47.3 Å². The molecule has 1 aromatic heterocycles. The Morgan fingerprint density at radius 3 is 2.57 bits per heavy atom. The van der Waals surface area contributed by atoms with Crippen LogP contribution in [0.4, 0.5) is 0 Å². The first-order valence-electron chi connectivity index (χ1n) is 4.83. The van der Waals surface area contributed by atoms with E-state index in [2.05, 4.69) is 5.10 Å². The molecule has 1 rings (SSSR count). The fraction of sp³-hybridized carbons (Fsp3) is 0.700. The van der Waals surface area contributed by atoms with Crippen molar-refractivity contribution in [1.82, 2.24) is 9.78 Å². The molecule has 1 atom stereocenters. The molecule has 0 bridgehead atoms. The second-order valence-electron chi connectivity index (χ2n) is 3.38. The summed E-state index contributed by atoms with van der Waals surface area (Å²) in [5.74, 6) is 0. The number of nitrogens with zero attached hydrogens (tertiary/aromatic N) is 2. The Morgan fingerprint density at radius 1 is 1.50 bits per heavy atom. The van der Waals surface area contributed by atoms with Crippen molar-refractivity contribution in [1.29, 1.82) is 0 Å². The number of aliphatic hydroxyl groups is 1. The lowest BCUT2D eigenvalue weighted by Gasteiger charge is -2.10. The molecule has 1 N–H and O–H groups in total. The Labute approximate surface area is 84.5 Å². The number of aromatic nitrogens is 2. The van der Waals surface area contributed by atoms with E-state index in [9.17, 15) is 5.11 Å². The van der Waals surface area contributed by atoms with Crippen LogP contribution in [0.5, 0.6) is 0 Å². The van der Waals surface area contributed by atoms with Crippen LogP contribution in [0.1, 0.15) is 30.0 Å². The maximum absolute atomic E-state index is 9.85. The lowest BCUT2D eigenvalue weighted by molar-refractivity contribution is 0.0413. The molecule has 0 aromatic carbocycles. The summed E-state index contributed by atoms with van der Waals surface area (Å²) in [6, 6.07) is 0. The first-order chi connectivity index (χ1) is 6.57. The maximum atomic E-state index is 9.85. The number of aryl methyl sites for hydroxylation is 2. The molecule has 0 radical (unpaired) electrons. The molecule has 0 spiro atoms. The Morgan fingerprint density at radius 2 is 2.14 bits per heavy atom. The van der Waals surface area contributed by atoms with Gasteiger partial charge in [-0.15, -0.1) is 0 Å². The van der Waals surface area contributed by atoms with E-state index in [1.165, 1.54) is 0 Å². The summed E-state index contributed by atoms with van der Waals surface area (Å²) >= 11 is 0. The third-order valence-corrected chi connectivity index (χ3v) is 2.38. The van der Waals surface area contributed by atoms with Gasteiger partial charge in [0.25, 0.3) is 0 Å². The highest BCUT2D eigenvalue weighted by molar-refractivity contribution is 5.26. The van der Waals surface area contributed by atoms with Gasteiger partial charge in [0.1, 0.15) is 6.10 Å². The minimum Gasteiger partial charge on any atom is -0.386 e. The fourth-order valence-corrected chi connectivity index (χ4v) is 1.59. The minimum atomic E-state index is -0.566. The number of aliphatic hydroxyl groups excluding tert-OH is 1. The van der Waals surface area contributed by atoms with Gasteiger partial charge in [0, 0.05) is 24.9 Å². The van der Waals surface area contributed by atoms with E-state index in [0.717, 1.165) is 17.0 Å². The summed E-state index contributed by atoms with van der Waals surface area (Å²) in [6.45, 7) is 6.72. The van der Waals surface area contributed by atoms with E-state index in [1.54, 1.807) is 4.68 Å². The largest absolute Gasteiger partial charge is 0.386 e. The van der Waals surface area contributed by atoms with Gasteiger partial charge in [-0.2, -0.15) is 5.10 Å². The zero-order chi connectivity index (χ0) is 10.7. The van der Waals surface area contributed by atoms with Crippen LogP contribution in [0.15, 0.2) is 0 Å². The van der Waals surface area contributed by atoms with Crippen molar-refractivity contribution in [3.05, 3.63) is 17.0 Å². The lowest BCUT2D eigenvalue weighted by Crippen LogP contribution is -2.09. The van der Waals surface area contributed by atoms with Crippen LogP contribution in [-0.2, 0) is 11.8 Å². The van der Waals surface area contributed by atoms with E-state index < -0.39 is 6.10 Å². The van der Waals surface area contributed by atoms with Gasteiger partial charge >= 0.3 is 0 Å². The van der Waals surface area contributed by atoms with Crippen LogP contribution < -0.4 is 0 Å². The molecular weight excluding hydrogens is 180 g/mol. The fourth-order valence-electron chi connectivity index (χ4n) is 1.59. The number of ether oxygens (including phenoxy) is 1. The highest BCUT2D eigenvalue weighted by Crippen LogP contribution is 2.20. The Bertz CT molecular complexity index is 307. The number of hydrogen-bond acceptors (Lipinski definition) is 3. The second kappa shape index (κ2) is 4.57. The molecule has 1 unspecified atom stereocenters. The molecule has 0 saturated carbocycles. The second-order valence-corrected chi connectivity index (χ2v) is 3.38. The lowest BCUT2D eigenvalue weighted by atomic mass is 10.1. The monoisotopic (exact) mass is 198 g/mol. The molecule has 0 aliphatic rings. The molecular formula is C10H18N2O2.